The minimum atomic E-state index is -0.210. The van der Waals surface area contributed by atoms with Gasteiger partial charge < -0.3 is 9.64 Å². The van der Waals surface area contributed by atoms with Crippen LogP contribution in [0.3, 0.4) is 0 Å². The van der Waals surface area contributed by atoms with E-state index in [4.69, 9.17) is 4.74 Å². The molecule has 1 amide bonds. The second-order valence-electron chi connectivity index (χ2n) is 5.37. The molecule has 0 aliphatic carbocycles. The van der Waals surface area contributed by atoms with Crippen LogP contribution in [0.5, 0.6) is 0 Å². The smallest absolute Gasteiger partial charge is 0.310 e. The highest BCUT2D eigenvalue weighted by molar-refractivity contribution is 5.80. The fraction of sp³-hybridized carbons (Fsp3) is 0.500. The Bertz CT molecular complexity index is 498. The van der Waals surface area contributed by atoms with E-state index in [2.05, 4.69) is 0 Å². The third kappa shape index (κ3) is 3.59. The van der Waals surface area contributed by atoms with Gasteiger partial charge in [-0.25, -0.2) is 0 Å². The van der Waals surface area contributed by atoms with Crippen molar-refractivity contribution in [3.63, 3.8) is 0 Å². The second kappa shape index (κ2) is 6.55. The number of esters is 1. The van der Waals surface area contributed by atoms with E-state index < -0.39 is 0 Å². The quantitative estimate of drug-likeness (QED) is 0.792. The topological polar surface area (TPSA) is 46.6 Å². The number of methoxy groups -OCH3 is 1. The average molecular weight is 275 g/mol. The van der Waals surface area contributed by atoms with Crippen LogP contribution in [0.2, 0.25) is 0 Å². The van der Waals surface area contributed by atoms with E-state index in [1.807, 2.05) is 31.2 Å². The van der Waals surface area contributed by atoms with Crippen molar-refractivity contribution in [1.29, 1.82) is 0 Å². The largest absolute Gasteiger partial charge is 0.469 e. The van der Waals surface area contributed by atoms with Crippen molar-refractivity contribution in [3.05, 3.63) is 35.4 Å². The number of nitrogens with zero attached hydrogens (tertiary/aromatic N) is 1. The van der Waals surface area contributed by atoms with Crippen molar-refractivity contribution in [2.45, 2.75) is 26.2 Å². The lowest BCUT2D eigenvalue weighted by atomic mass is 9.97. The molecule has 1 aliphatic rings. The molecule has 0 radical (unpaired) electrons. The monoisotopic (exact) mass is 275 g/mol. The molecule has 0 spiro atoms. The van der Waals surface area contributed by atoms with Gasteiger partial charge in [-0.1, -0.05) is 29.8 Å². The van der Waals surface area contributed by atoms with Gasteiger partial charge in [-0.2, -0.15) is 0 Å². The average Bonchev–Trinajstić information content (AvgIpc) is 2.46. The normalized spacial score (nSPS) is 18.7. The van der Waals surface area contributed by atoms with Gasteiger partial charge in [0.15, 0.2) is 0 Å². The maximum atomic E-state index is 12.3. The molecule has 1 aromatic carbocycles. The van der Waals surface area contributed by atoms with Crippen molar-refractivity contribution in [2.75, 3.05) is 20.2 Å². The van der Waals surface area contributed by atoms with Crippen LogP contribution in [0.1, 0.15) is 24.0 Å². The van der Waals surface area contributed by atoms with Gasteiger partial charge in [0, 0.05) is 13.1 Å². The lowest BCUT2D eigenvalue weighted by Crippen LogP contribution is -2.43. The number of piperidine rings is 1. The molecule has 1 saturated heterocycles. The van der Waals surface area contributed by atoms with Crippen LogP contribution in [0.15, 0.2) is 24.3 Å². The van der Waals surface area contributed by atoms with E-state index in [0.717, 1.165) is 30.5 Å². The Balaban J connectivity index is 1.97. The Hall–Kier alpha value is -1.84. The first-order valence-corrected chi connectivity index (χ1v) is 7.01. The van der Waals surface area contributed by atoms with Crippen molar-refractivity contribution < 1.29 is 14.3 Å². The van der Waals surface area contributed by atoms with Crippen molar-refractivity contribution in [2.24, 2.45) is 5.92 Å². The molecule has 4 heteroatoms. The number of benzene rings is 1. The van der Waals surface area contributed by atoms with Gasteiger partial charge >= 0.3 is 5.97 Å². The molecule has 1 aliphatic heterocycles. The second-order valence-corrected chi connectivity index (χ2v) is 5.37. The summed E-state index contributed by atoms with van der Waals surface area (Å²) in [6.07, 6.45) is 2.07. The molecular weight excluding hydrogens is 254 g/mol. The summed E-state index contributed by atoms with van der Waals surface area (Å²) in [5.74, 6) is -0.294. The van der Waals surface area contributed by atoms with Crippen LogP contribution >= 0.6 is 0 Å². The number of aryl methyl sites for hydroxylation is 1. The fourth-order valence-corrected chi connectivity index (χ4v) is 2.67. The Kier molecular flexibility index (Phi) is 4.77. The molecule has 0 aromatic heterocycles. The van der Waals surface area contributed by atoms with Crippen LogP contribution in [-0.4, -0.2) is 37.0 Å². The van der Waals surface area contributed by atoms with E-state index in [-0.39, 0.29) is 17.8 Å². The molecule has 0 bridgehead atoms. The highest BCUT2D eigenvalue weighted by atomic mass is 16.5. The molecular formula is C16H21NO3. The predicted molar refractivity (Wildman–Crippen MR) is 76.2 cm³/mol. The molecule has 1 fully saturated rings. The zero-order valence-corrected chi connectivity index (χ0v) is 12.1. The standard InChI is InChI=1S/C16H21NO3/c1-12-5-3-6-13(9-12)10-15(18)17-8-4-7-14(11-17)16(19)20-2/h3,5-6,9,14H,4,7-8,10-11H2,1-2H3. The number of carbonyl (C=O) groups excluding carboxylic acids is 2. The lowest BCUT2D eigenvalue weighted by molar-refractivity contribution is -0.148. The molecule has 1 atom stereocenters. The van der Waals surface area contributed by atoms with Crippen LogP contribution in [0, 0.1) is 12.8 Å². The number of ether oxygens (including phenoxy) is 1. The molecule has 4 nitrogen and oxygen atoms in total. The lowest BCUT2D eigenvalue weighted by Gasteiger charge is -2.31. The Morgan fingerprint density at radius 1 is 1.40 bits per heavy atom. The molecule has 0 N–H and O–H groups in total. The third-order valence-corrected chi connectivity index (χ3v) is 3.75. The van der Waals surface area contributed by atoms with Crippen LogP contribution in [0.25, 0.3) is 0 Å². The van der Waals surface area contributed by atoms with Crippen LogP contribution in [0.4, 0.5) is 0 Å². The highest BCUT2D eigenvalue weighted by Crippen LogP contribution is 2.18. The summed E-state index contributed by atoms with van der Waals surface area (Å²) in [6.45, 7) is 3.23. The van der Waals surface area contributed by atoms with Crippen molar-refractivity contribution in [1.82, 2.24) is 4.90 Å². The summed E-state index contributed by atoms with van der Waals surface area (Å²) in [5, 5.41) is 0. The zero-order chi connectivity index (χ0) is 14.5. The number of rotatable bonds is 3. The first-order chi connectivity index (χ1) is 9.60. The third-order valence-electron chi connectivity index (χ3n) is 3.75. The summed E-state index contributed by atoms with van der Waals surface area (Å²) in [6, 6.07) is 7.97. The van der Waals surface area contributed by atoms with Gasteiger partial charge in [-0.05, 0) is 25.3 Å². The first-order valence-electron chi connectivity index (χ1n) is 7.01. The Morgan fingerprint density at radius 3 is 2.90 bits per heavy atom. The highest BCUT2D eigenvalue weighted by Gasteiger charge is 2.28. The number of carbonyl (C=O) groups is 2. The van der Waals surface area contributed by atoms with Crippen LogP contribution in [-0.2, 0) is 20.7 Å². The molecule has 1 heterocycles. The van der Waals surface area contributed by atoms with Gasteiger partial charge in [-0.15, -0.1) is 0 Å². The molecule has 2 rings (SSSR count). The fourth-order valence-electron chi connectivity index (χ4n) is 2.67. The van der Waals surface area contributed by atoms with E-state index in [9.17, 15) is 9.59 Å². The van der Waals surface area contributed by atoms with E-state index in [0.29, 0.717) is 13.0 Å². The van der Waals surface area contributed by atoms with Crippen molar-refractivity contribution in [3.8, 4) is 0 Å². The van der Waals surface area contributed by atoms with Gasteiger partial charge in [0.05, 0.1) is 19.4 Å². The van der Waals surface area contributed by atoms with Gasteiger partial charge in [0.2, 0.25) is 5.91 Å². The van der Waals surface area contributed by atoms with Crippen molar-refractivity contribution >= 4 is 11.9 Å². The van der Waals surface area contributed by atoms with Crippen LogP contribution < -0.4 is 0 Å². The maximum Gasteiger partial charge on any atom is 0.310 e. The van der Waals surface area contributed by atoms with Gasteiger partial charge in [-0.3, -0.25) is 9.59 Å². The maximum absolute atomic E-state index is 12.3. The summed E-state index contributed by atoms with van der Waals surface area (Å²) in [7, 11) is 1.40. The summed E-state index contributed by atoms with van der Waals surface area (Å²) in [4.78, 5) is 25.7. The number of likely N-dealkylation sites (tertiary alicyclic amines) is 1. The Morgan fingerprint density at radius 2 is 2.20 bits per heavy atom. The summed E-state index contributed by atoms with van der Waals surface area (Å²) >= 11 is 0. The molecule has 0 saturated carbocycles. The zero-order valence-electron chi connectivity index (χ0n) is 12.1. The van der Waals surface area contributed by atoms with E-state index in [1.54, 1.807) is 4.90 Å². The summed E-state index contributed by atoms with van der Waals surface area (Å²) in [5.41, 5.74) is 2.18. The molecule has 1 aromatic rings. The van der Waals surface area contributed by atoms with E-state index in [1.165, 1.54) is 7.11 Å². The van der Waals surface area contributed by atoms with E-state index >= 15 is 0 Å². The number of hydrogen-bond donors (Lipinski definition) is 0. The molecule has 20 heavy (non-hydrogen) atoms. The number of amides is 1. The van der Waals surface area contributed by atoms with Gasteiger partial charge in [0.25, 0.3) is 0 Å². The Labute approximate surface area is 119 Å². The summed E-state index contributed by atoms with van der Waals surface area (Å²) < 4.78 is 4.77. The number of hydrogen-bond acceptors (Lipinski definition) is 3. The molecule has 1 unspecified atom stereocenters. The minimum Gasteiger partial charge on any atom is -0.469 e. The minimum absolute atomic E-state index is 0.0872. The first kappa shape index (κ1) is 14.6. The SMILES string of the molecule is COC(=O)C1CCCN(C(=O)Cc2cccc(C)c2)C1. The predicted octanol–water partition coefficient (Wildman–Crippen LogP) is 1.95. The molecule has 108 valence electrons. The van der Waals surface area contributed by atoms with Gasteiger partial charge in [0.1, 0.15) is 0 Å².